The number of rotatable bonds is 5. The molecule has 6 nitrogen and oxygen atoms in total. The Morgan fingerprint density at radius 2 is 1.07 bits per heavy atom. The van der Waals surface area contributed by atoms with Gasteiger partial charge in [-0.2, -0.15) is 0 Å². The van der Waals surface area contributed by atoms with Crippen molar-refractivity contribution < 1.29 is 19.8 Å². The van der Waals surface area contributed by atoms with Crippen LogP contribution in [0.25, 0.3) is 0 Å². The van der Waals surface area contributed by atoms with Crippen molar-refractivity contribution in [3.8, 4) is 0 Å². The molecule has 2 aliphatic carbocycles. The Labute approximate surface area is 166 Å². The Kier molecular flexibility index (Phi) is 6.31. The van der Waals surface area contributed by atoms with Crippen LogP contribution in [0.3, 0.4) is 0 Å². The summed E-state index contributed by atoms with van der Waals surface area (Å²) in [5.41, 5.74) is 0.171. The number of ketones is 2. The number of carbonyl (C=O) groups excluding carboxylic acids is 2. The molecule has 0 bridgehead atoms. The van der Waals surface area contributed by atoms with Crippen LogP contribution in [0.4, 0.5) is 0 Å². The Hall–Kier alpha value is -2.24. The first-order valence-electron chi connectivity index (χ1n) is 9.89. The average Bonchev–Trinajstić information content (AvgIpc) is 2.47. The fraction of sp³-hybridized carbons (Fsp3) is 0.636. The number of aliphatic hydroxyl groups excluding tert-OH is 2. The zero-order valence-corrected chi connectivity index (χ0v) is 17.4. The van der Waals surface area contributed by atoms with Gasteiger partial charge >= 0.3 is 0 Å². The lowest BCUT2D eigenvalue weighted by Gasteiger charge is -2.30. The Balaban J connectivity index is 1.95. The molecule has 0 atom stereocenters. The van der Waals surface area contributed by atoms with Crippen molar-refractivity contribution in [1.82, 2.24) is 0 Å². The molecule has 0 unspecified atom stereocenters. The van der Waals surface area contributed by atoms with Crippen molar-refractivity contribution in [2.24, 2.45) is 10.8 Å². The molecule has 6 heteroatoms. The van der Waals surface area contributed by atoms with Crippen molar-refractivity contribution in [3.63, 3.8) is 0 Å². The number of aliphatic hydroxyl groups is 2. The highest BCUT2D eigenvalue weighted by molar-refractivity contribution is 6.24. The highest BCUT2D eigenvalue weighted by Crippen LogP contribution is 2.36. The Bertz CT molecular complexity index is 674. The van der Waals surface area contributed by atoms with Gasteiger partial charge in [0.05, 0.1) is 11.1 Å². The molecule has 0 aromatic carbocycles. The fourth-order valence-electron chi connectivity index (χ4n) is 4.15. The van der Waals surface area contributed by atoms with Crippen LogP contribution < -0.4 is 0 Å². The van der Waals surface area contributed by atoms with Gasteiger partial charge in [0.2, 0.25) is 0 Å². The maximum atomic E-state index is 12.3. The van der Waals surface area contributed by atoms with Crippen molar-refractivity contribution in [2.45, 2.75) is 79.1 Å². The van der Waals surface area contributed by atoms with Gasteiger partial charge in [0.15, 0.2) is 11.6 Å². The smallest absolute Gasteiger partial charge is 0.168 e. The van der Waals surface area contributed by atoms with Gasteiger partial charge in [-0.3, -0.25) is 9.59 Å². The van der Waals surface area contributed by atoms with E-state index in [4.69, 9.17) is 10.8 Å². The molecule has 0 heterocycles. The average molecular weight is 389 g/mol. The van der Waals surface area contributed by atoms with Gasteiger partial charge in [-0.15, -0.1) is 0 Å². The molecule has 4 N–H and O–H groups in total. The van der Waals surface area contributed by atoms with E-state index in [-0.39, 0.29) is 69.3 Å². The molecule has 0 radical (unpaired) electrons. The second-order valence-corrected chi connectivity index (χ2v) is 9.69. The standard InChI is InChI=1S/C22H32N2O4/c1-21(2)9-13(23)19(17(27)11-21)15(25)7-5-6-8-16(26)20-14(24)10-22(3,4)12-18(20)28/h23-26H,5-12H2,1-4H3. The molecule has 2 rings (SSSR count). The third-order valence-electron chi connectivity index (χ3n) is 5.40. The fourth-order valence-corrected chi connectivity index (χ4v) is 4.15. The van der Waals surface area contributed by atoms with Gasteiger partial charge in [0.25, 0.3) is 0 Å². The predicted octanol–water partition coefficient (Wildman–Crippen LogP) is 4.99. The van der Waals surface area contributed by atoms with Crippen LogP contribution in [0.15, 0.2) is 22.7 Å². The van der Waals surface area contributed by atoms with E-state index in [0.29, 0.717) is 38.5 Å². The summed E-state index contributed by atoms with van der Waals surface area (Å²) in [4.78, 5) is 24.5. The molecule has 0 amide bonds. The van der Waals surface area contributed by atoms with Crippen molar-refractivity contribution >= 4 is 23.0 Å². The number of nitrogens with one attached hydrogen (secondary N) is 2. The SMILES string of the molecule is CC1(C)CC(=N)C(=C(O)CCCCC(O)=C2C(=N)CC(C)(C)CC2=O)C(=O)C1. The molecule has 28 heavy (non-hydrogen) atoms. The van der Waals surface area contributed by atoms with E-state index in [1.54, 1.807) is 0 Å². The minimum absolute atomic E-state index is 0.0547. The summed E-state index contributed by atoms with van der Waals surface area (Å²) in [5.74, 6) is -0.484. The van der Waals surface area contributed by atoms with Gasteiger partial charge in [-0.05, 0) is 36.5 Å². The Morgan fingerprint density at radius 3 is 1.36 bits per heavy atom. The minimum atomic E-state index is -0.249. The highest BCUT2D eigenvalue weighted by atomic mass is 16.3. The molecule has 0 aromatic heterocycles. The quantitative estimate of drug-likeness (QED) is 0.301. The molecule has 0 aliphatic heterocycles. The predicted molar refractivity (Wildman–Crippen MR) is 109 cm³/mol. The number of allylic oxidation sites excluding steroid dienone is 4. The molecule has 0 saturated heterocycles. The van der Waals surface area contributed by atoms with Gasteiger partial charge < -0.3 is 21.0 Å². The third kappa shape index (κ3) is 5.18. The number of unbranched alkanes of at least 4 members (excludes halogenated alkanes) is 1. The van der Waals surface area contributed by atoms with E-state index < -0.39 is 0 Å². The third-order valence-corrected chi connectivity index (χ3v) is 5.40. The summed E-state index contributed by atoms with van der Waals surface area (Å²) in [5, 5.41) is 36.7. The molecule has 154 valence electrons. The first-order chi connectivity index (χ1) is 12.8. The second-order valence-electron chi connectivity index (χ2n) is 9.69. The summed E-state index contributed by atoms with van der Waals surface area (Å²) in [6.45, 7) is 7.76. The second kappa shape index (κ2) is 8.02. The molecule has 2 aliphatic rings. The van der Waals surface area contributed by atoms with E-state index in [0.717, 1.165) is 0 Å². The largest absolute Gasteiger partial charge is 0.511 e. The maximum absolute atomic E-state index is 12.3. The normalized spacial score (nSPS) is 25.7. The first kappa shape index (κ1) is 22.1. The summed E-state index contributed by atoms with van der Waals surface area (Å²) in [6, 6.07) is 0. The molecular weight excluding hydrogens is 356 g/mol. The molecule has 2 fully saturated rings. The van der Waals surface area contributed by atoms with Crippen LogP contribution >= 0.6 is 0 Å². The summed E-state index contributed by atoms with van der Waals surface area (Å²) < 4.78 is 0. The van der Waals surface area contributed by atoms with Crippen LogP contribution in [-0.2, 0) is 9.59 Å². The van der Waals surface area contributed by atoms with Crippen LogP contribution in [0.5, 0.6) is 0 Å². The minimum Gasteiger partial charge on any atom is -0.511 e. The molecule has 0 aromatic rings. The topological polar surface area (TPSA) is 122 Å². The lowest BCUT2D eigenvalue weighted by atomic mass is 9.73. The van der Waals surface area contributed by atoms with E-state index in [9.17, 15) is 19.8 Å². The summed E-state index contributed by atoms with van der Waals surface area (Å²) >= 11 is 0. The maximum Gasteiger partial charge on any atom is 0.168 e. The zero-order chi connectivity index (χ0) is 21.3. The number of hydrogen-bond donors (Lipinski definition) is 4. The van der Waals surface area contributed by atoms with Gasteiger partial charge in [-0.1, -0.05) is 27.7 Å². The van der Waals surface area contributed by atoms with Crippen LogP contribution in [0, 0.1) is 21.6 Å². The van der Waals surface area contributed by atoms with Gasteiger partial charge in [0.1, 0.15) is 11.5 Å². The summed E-state index contributed by atoms with van der Waals surface area (Å²) in [6.07, 6.45) is 3.12. The van der Waals surface area contributed by atoms with Crippen molar-refractivity contribution in [2.75, 3.05) is 0 Å². The lowest BCUT2D eigenvalue weighted by molar-refractivity contribution is -0.118. The highest BCUT2D eigenvalue weighted by Gasteiger charge is 2.36. The van der Waals surface area contributed by atoms with Crippen molar-refractivity contribution in [3.05, 3.63) is 22.7 Å². The number of hydrogen-bond acceptors (Lipinski definition) is 6. The number of Topliss-reactive ketones (excluding diaryl/α,β-unsaturated/α-hetero) is 2. The van der Waals surface area contributed by atoms with Gasteiger partial charge in [0, 0.05) is 37.1 Å². The lowest BCUT2D eigenvalue weighted by Crippen LogP contribution is -2.32. The van der Waals surface area contributed by atoms with E-state index >= 15 is 0 Å². The van der Waals surface area contributed by atoms with E-state index in [1.807, 2.05) is 27.7 Å². The van der Waals surface area contributed by atoms with E-state index in [1.165, 1.54) is 0 Å². The Morgan fingerprint density at radius 1 is 0.750 bits per heavy atom. The molecular formula is C22H32N2O4. The van der Waals surface area contributed by atoms with Gasteiger partial charge in [-0.25, -0.2) is 0 Å². The molecule has 0 spiro atoms. The summed E-state index contributed by atoms with van der Waals surface area (Å²) in [7, 11) is 0. The zero-order valence-electron chi connectivity index (χ0n) is 17.4. The molecule has 2 saturated carbocycles. The van der Waals surface area contributed by atoms with Crippen LogP contribution in [-0.4, -0.2) is 33.2 Å². The van der Waals surface area contributed by atoms with Crippen LogP contribution in [0.1, 0.15) is 79.1 Å². The van der Waals surface area contributed by atoms with E-state index in [2.05, 4.69) is 0 Å². The first-order valence-corrected chi connectivity index (χ1v) is 9.89. The van der Waals surface area contributed by atoms with Crippen LogP contribution in [0.2, 0.25) is 0 Å². The monoisotopic (exact) mass is 388 g/mol. The van der Waals surface area contributed by atoms with Crippen molar-refractivity contribution in [1.29, 1.82) is 10.8 Å². The number of carbonyl (C=O) groups is 2.